The molecule has 0 fully saturated rings. The Bertz CT molecular complexity index is 355. The lowest BCUT2D eigenvalue weighted by atomic mass is 10.0. The maximum Gasteiger partial charge on any atom is 0.0660 e. The normalized spacial score (nSPS) is 19.0. The molecule has 1 aromatic rings. The minimum Gasteiger partial charge on any atom is -0.380 e. The van der Waals surface area contributed by atoms with Crippen molar-refractivity contribution in [3.05, 3.63) is 35.4 Å². The largest absolute Gasteiger partial charge is 0.380 e. The van der Waals surface area contributed by atoms with Crippen LogP contribution in [0.25, 0.3) is 0 Å². The highest BCUT2D eigenvalue weighted by molar-refractivity contribution is 5.31. The molecule has 0 spiro atoms. The second-order valence-corrected chi connectivity index (χ2v) is 4.96. The molecule has 94 valence electrons. The number of ether oxygens (including phenoxy) is 1. The highest BCUT2D eigenvalue weighted by atomic mass is 16.5. The SMILES string of the molecule is CCOCC(C)(CN)N1Cc2ccccc2C1. The summed E-state index contributed by atoms with van der Waals surface area (Å²) in [5.74, 6) is 0. The molecule has 0 radical (unpaired) electrons. The average molecular weight is 234 g/mol. The van der Waals surface area contributed by atoms with Crippen molar-refractivity contribution >= 4 is 0 Å². The summed E-state index contributed by atoms with van der Waals surface area (Å²) in [6, 6.07) is 8.61. The molecular formula is C14H22N2O. The number of benzene rings is 1. The fourth-order valence-corrected chi connectivity index (χ4v) is 2.32. The smallest absolute Gasteiger partial charge is 0.0660 e. The summed E-state index contributed by atoms with van der Waals surface area (Å²) in [5.41, 5.74) is 8.72. The van der Waals surface area contributed by atoms with Crippen LogP contribution in [-0.2, 0) is 17.8 Å². The third-order valence-electron chi connectivity index (χ3n) is 3.66. The lowest BCUT2D eigenvalue weighted by Gasteiger charge is -2.37. The fourth-order valence-electron chi connectivity index (χ4n) is 2.32. The van der Waals surface area contributed by atoms with Gasteiger partial charge in [-0.05, 0) is 25.0 Å². The number of hydrogen-bond donors (Lipinski definition) is 1. The highest BCUT2D eigenvalue weighted by Gasteiger charge is 2.34. The fraction of sp³-hybridized carbons (Fsp3) is 0.571. The Hall–Kier alpha value is -0.900. The van der Waals surface area contributed by atoms with E-state index in [0.717, 1.165) is 19.7 Å². The van der Waals surface area contributed by atoms with Crippen LogP contribution >= 0.6 is 0 Å². The Morgan fingerprint density at radius 3 is 2.35 bits per heavy atom. The van der Waals surface area contributed by atoms with Crippen LogP contribution in [0.2, 0.25) is 0 Å². The van der Waals surface area contributed by atoms with E-state index in [-0.39, 0.29) is 5.54 Å². The second-order valence-electron chi connectivity index (χ2n) is 4.96. The first-order chi connectivity index (χ1) is 8.19. The standard InChI is InChI=1S/C14H22N2O/c1-3-17-11-14(2,10-15)16-8-12-6-4-5-7-13(12)9-16/h4-7H,3,8-11,15H2,1-2H3. The van der Waals surface area contributed by atoms with Gasteiger partial charge in [-0.1, -0.05) is 24.3 Å². The van der Waals surface area contributed by atoms with Gasteiger partial charge in [0.1, 0.15) is 0 Å². The molecule has 0 aromatic heterocycles. The lowest BCUT2D eigenvalue weighted by molar-refractivity contribution is 0.00764. The van der Waals surface area contributed by atoms with Gasteiger partial charge in [-0.3, -0.25) is 4.90 Å². The van der Waals surface area contributed by atoms with E-state index in [1.54, 1.807) is 0 Å². The van der Waals surface area contributed by atoms with Crippen molar-refractivity contribution in [3.8, 4) is 0 Å². The number of fused-ring (bicyclic) bond motifs is 1. The first-order valence-corrected chi connectivity index (χ1v) is 6.29. The van der Waals surface area contributed by atoms with Gasteiger partial charge in [-0.15, -0.1) is 0 Å². The number of rotatable bonds is 5. The second kappa shape index (κ2) is 5.17. The van der Waals surface area contributed by atoms with Crippen LogP contribution in [0.15, 0.2) is 24.3 Å². The number of nitrogens with zero attached hydrogens (tertiary/aromatic N) is 1. The summed E-state index contributed by atoms with van der Waals surface area (Å²) in [6.07, 6.45) is 0. The molecule has 2 N–H and O–H groups in total. The lowest BCUT2D eigenvalue weighted by Crippen LogP contribution is -2.52. The molecule has 1 aromatic carbocycles. The molecule has 0 saturated heterocycles. The van der Waals surface area contributed by atoms with Gasteiger partial charge in [0.05, 0.1) is 12.1 Å². The molecule has 0 saturated carbocycles. The van der Waals surface area contributed by atoms with Gasteiger partial charge in [0, 0.05) is 26.2 Å². The minimum atomic E-state index is -0.0605. The van der Waals surface area contributed by atoms with E-state index in [2.05, 4.69) is 36.1 Å². The molecule has 0 aliphatic carbocycles. The van der Waals surface area contributed by atoms with Crippen molar-refractivity contribution in [1.29, 1.82) is 0 Å². The zero-order valence-electron chi connectivity index (χ0n) is 10.8. The summed E-state index contributed by atoms with van der Waals surface area (Å²) in [5, 5.41) is 0. The Balaban J connectivity index is 2.09. The van der Waals surface area contributed by atoms with Crippen molar-refractivity contribution in [2.24, 2.45) is 5.73 Å². The van der Waals surface area contributed by atoms with E-state index >= 15 is 0 Å². The van der Waals surface area contributed by atoms with Gasteiger partial charge in [0.2, 0.25) is 0 Å². The molecule has 3 heteroatoms. The van der Waals surface area contributed by atoms with E-state index in [1.165, 1.54) is 11.1 Å². The van der Waals surface area contributed by atoms with E-state index in [1.807, 2.05) is 6.92 Å². The third kappa shape index (κ3) is 2.51. The van der Waals surface area contributed by atoms with Gasteiger partial charge in [0.25, 0.3) is 0 Å². The topological polar surface area (TPSA) is 38.5 Å². The predicted octanol–water partition coefficient (Wildman–Crippen LogP) is 1.76. The van der Waals surface area contributed by atoms with Crippen molar-refractivity contribution in [3.63, 3.8) is 0 Å². The van der Waals surface area contributed by atoms with Crippen LogP contribution in [0.4, 0.5) is 0 Å². The van der Waals surface area contributed by atoms with Gasteiger partial charge in [-0.25, -0.2) is 0 Å². The van der Waals surface area contributed by atoms with Crippen molar-refractivity contribution in [2.75, 3.05) is 19.8 Å². The van der Waals surface area contributed by atoms with Crippen molar-refractivity contribution in [1.82, 2.24) is 4.90 Å². The number of hydrogen-bond acceptors (Lipinski definition) is 3. The Morgan fingerprint density at radius 2 is 1.88 bits per heavy atom. The van der Waals surface area contributed by atoms with Gasteiger partial charge < -0.3 is 10.5 Å². The van der Waals surface area contributed by atoms with E-state index < -0.39 is 0 Å². The molecule has 1 unspecified atom stereocenters. The molecule has 1 atom stereocenters. The molecule has 1 aliphatic heterocycles. The van der Waals surface area contributed by atoms with Crippen LogP contribution in [0.1, 0.15) is 25.0 Å². The van der Waals surface area contributed by atoms with Crippen LogP contribution in [0.5, 0.6) is 0 Å². The molecule has 0 amide bonds. The average Bonchev–Trinajstić information content (AvgIpc) is 2.80. The quantitative estimate of drug-likeness (QED) is 0.843. The molecule has 2 rings (SSSR count). The summed E-state index contributed by atoms with van der Waals surface area (Å²) in [6.45, 7) is 8.25. The molecule has 0 bridgehead atoms. The summed E-state index contributed by atoms with van der Waals surface area (Å²) in [4.78, 5) is 2.42. The third-order valence-corrected chi connectivity index (χ3v) is 3.66. The Labute approximate surface area is 104 Å². The van der Waals surface area contributed by atoms with Crippen LogP contribution in [0.3, 0.4) is 0 Å². The zero-order valence-corrected chi connectivity index (χ0v) is 10.8. The highest BCUT2D eigenvalue weighted by Crippen LogP contribution is 2.29. The maximum absolute atomic E-state index is 5.94. The molecule has 17 heavy (non-hydrogen) atoms. The van der Waals surface area contributed by atoms with Crippen LogP contribution in [-0.4, -0.2) is 30.2 Å². The van der Waals surface area contributed by atoms with E-state index in [4.69, 9.17) is 10.5 Å². The minimum absolute atomic E-state index is 0.0605. The number of nitrogens with two attached hydrogens (primary N) is 1. The Morgan fingerprint density at radius 1 is 1.29 bits per heavy atom. The van der Waals surface area contributed by atoms with E-state index in [9.17, 15) is 0 Å². The zero-order chi connectivity index (χ0) is 12.3. The molecule has 1 aliphatic rings. The predicted molar refractivity (Wildman–Crippen MR) is 69.6 cm³/mol. The van der Waals surface area contributed by atoms with Gasteiger partial charge >= 0.3 is 0 Å². The van der Waals surface area contributed by atoms with Gasteiger partial charge in [0.15, 0.2) is 0 Å². The summed E-state index contributed by atoms with van der Waals surface area (Å²) in [7, 11) is 0. The first kappa shape index (κ1) is 12.6. The Kier molecular flexibility index (Phi) is 3.82. The van der Waals surface area contributed by atoms with Crippen LogP contribution in [0, 0.1) is 0 Å². The molecule has 3 nitrogen and oxygen atoms in total. The molecule has 1 heterocycles. The first-order valence-electron chi connectivity index (χ1n) is 6.29. The van der Waals surface area contributed by atoms with Crippen molar-refractivity contribution in [2.45, 2.75) is 32.5 Å². The van der Waals surface area contributed by atoms with Gasteiger partial charge in [-0.2, -0.15) is 0 Å². The van der Waals surface area contributed by atoms with E-state index in [0.29, 0.717) is 13.2 Å². The maximum atomic E-state index is 5.94. The monoisotopic (exact) mass is 234 g/mol. The summed E-state index contributed by atoms with van der Waals surface area (Å²) < 4.78 is 5.58. The van der Waals surface area contributed by atoms with Crippen molar-refractivity contribution < 1.29 is 4.74 Å². The van der Waals surface area contributed by atoms with Crippen LogP contribution < -0.4 is 5.73 Å². The summed E-state index contributed by atoms with van der Waals surface area (Å²) >= 11 is 0. The molecular weight excluding hydrogens is 212 g/mol.